The van der Waals surface area contributed by atoms with Gasteiger partial charge in [-0.1, -0.05) is 37.5 Å². The predicted octanol–water partition coefficient (Wildman–Crippen LogP) is 5.38. The van der Waals surface area contributed by atoms with E-state index in [2.05, 4.69) is 6.07 Å². The second-order valence-corrected chi connectivity index (χ2v) is 6.36. The Bertz CT molecular complexity index is 1080. The number of hydrogen-bond donors (Lipinski definition) is 0. The van der Waals surface area contributed by atoms with E-state index < -0.39 is 12.7 Å². The minimum Gasteiger partial charge on any atom is -0.200 e. The summed E-state index contributed by atoms with van der Waals surface area (Å²) >= 11 is 0. The molecule has 0 saturated carbocycles. The van der Waals surface area contributed by atoms with Crippen LogP contribution in [0.4, 0.5) is 0 Å². The highest BCUT2D eigenvalue weighted by Crippen LogP contribution is 2.32. The standard InChI is InChI=1S/C22H26N/c1-14(2)19-12-16(4)17(5)20(13-19)22-21-11-15(3)7-8-18(21)9-10-23(22)6/h7-14H,1-6H3/q+1/i1D3,10D,14D. The molecule has 118 valence electrons. The van der Waals surface area contributed by atoms with Crippen LogP contribution in [-0.4, -0.2) is 0 Å². The predicted molar refractivity (Wildman–Crippen MR) is 98.9 cm³/mol. The Kier molecular flexibility index (Phi) is 2.67. The first-order chi connectivity index (χ1) is 12.8. The summed E-state index contributed by atoms with van der Waals surface area (Å²) in [5.74, 6) is -1.72. The first kappa shape index (κ1) is 10.6. The Balaban J connectivity index is 2.43. The number of aryl methyl sites for hydroxylation is 2. The summed E-state index contributed by atoms with van der Waals surface area (Å²) in [6.45, 7) is 4.97. The Labute approximate surface area is 146 Å². The number of rotatable bonds is 2. The lowest BCUT2D eigenvalue weighted by atomic mass is 9.90. The average Bonchev–Trinajstić information content (AvgIpc) is 2.58. The van der Waals surface area contributed by atoms with Crippen molar-refractivity contribution >= 4 is 10.8 Å². The molecule has 3 aromatic rings. The molecule has 1 heteroatoms. The van der Waals surface area contributed by atoms with Crippen molar-refractivity contribution in [2.75, 3.05) is 0 Å². The first-order valence-corrected chi connectivity index (χ1v) is 7.86. The maximum atomic E-state index is 8.53. The second kappa shape index (κ2) is 5.81. The molecule has 1 heterocycles. The average molecular weight is 309 g/mol. The van der Waals surface area contributed by atoms with Crippen molar-refractivity contribution in [2.45, 2.75) is 40.4 Å². The highest BCUT2D eigenvalue weighted by atomic mass is 14.9. The van der Waals surface area contributed by atoms with Gasteiger partial charge in [0, 0.05) is 11.5 Å². The van der Waals surface area contributed by atoms with E-state index in [4.69, 9.17) is 6.85 Å². The van der Waals surface area contributed by atoms with Gasteiger partial charge in [0.1, 0.15) is 8.42 Å². The number of aromatic nitrogens is 1. The van der Waals surface area contributed by atoms with Crippen molar-refractivity contribution in [1.82, 2.24) is 0 Å². The fourth-order valence-electron chi connectivity index (χ4n) is 3.06. The van der Waals surface area contributed by atoms with Crippen molar-refractivity contribution < 1.29 is 11.4 Å². The van der Waals surface area contributed by atoms with Gasteiger partial charge in [0.15, 0.2) is 6.17 Å². The van der Waals surface area contributed by atoms with Crippen molar-refractivity contribution in [1.29, 1.82) is 0 Å². The molecule has 0 radical (unpaired) electrons. The van der Waals surface area contributed by atoms with Crippen LogP contribution < -0.4 is 4.57 Å². The molecule has 0 amide bonds. The molecule has 1 aromatic heterocycles. The number of nitrogens with zero attached hydrogens (tertiary/aromatic N) is 1. The van der Waals surface area contributed by atoms with Crippen LogP contribution in [0.25, 0.3) is 22.0 Å². The third kappa shape index (κ3) is 2.76. The minimum absolute atomic E-state index is 0.373. The van der Waals surface area contributed by atoms with Gasteiger partial charge in [0.25, 0.3) is 0 Å². The number of fused-ring (bicyclic) bond motifs is 1. The molecular weight excluding hydrogens is 278 g/mol. The monoisotopic (exact) mass is 309 g/mol. The fraction of sp³-hybridized carbons (Fsp3) is 0.318. The van der Waals surface area contributed by atoms with Crippen molar-refractivity contribution in [3.8, 4) is 11.3 Å². The molecule has 3 rings (SSSR count). The molecule has 0 bridgehead atoms. The van der Waals surface area contributed by atoms with Crippen LogP contribution in [0.2, 0.25) is 0 Å². The van der Waals surface area contributed by atoms with E-state index in [0.717, 1.165) is 38.7 Å². The summed E-state index contributed by atoms with van der Waals surface area (Å²) in [6.07, 6.45) is 0.373. The largest absolute Gasteiger partial charge is 0.220 e. The molecule has 0 aliphatic heterocycles. The maximum absolute atomic E-state index is 8.53. The molecule has 1 atom stereocenters. The first-order valence-electron chi connectivity index (χ1n) is 10.4. The van der Waals surface area contributed by atoms with Gasteiger partial charge in [-0.3, -0.25) is 0 Å². The van der Waals surface area contributed by atoms with E-state index in [9.17, 15) is 0 Å². The fourth-order valence-corrected chi connectivity index (χ4v) is 3.06. The van der Waals surface area contributed by atoms with Gasteiger partial charge >= 0.3 is 0 Å². The van der Waals surface area contributed by atoms with Gasteiger partial charge < -0.3 is 0 Å². The molecule has 0 N–H and O–H groups in total. The van der Waals surface area contributed by atoms with E-state index in [1.165, 1.54) is 6.92 Å². The zero-order chi connectivity index (χ0) is 21.0. The van der Waals surface area contributed by atoms with E-state index in [-0.39, 0.29) is 0 Å². The van der Waals surface area contributed by atoms with Gasteiger partial charge in [-0.15, -0.1) is 0 Å². The summed E-state index contributed by atoms with van der Waals surface area (Å²) in [4.78, 5) is 0. The van der Waals surface area contributed by atoms with Crippen LogP contribution in [0.15, 0.2) is 42.6 Å². The summed E-state index contributed by atoms with van der Waals surface area (Å²) < 4.78 is 42.2. The molecule has 23 heavy (non-hydrogen) atoms. The Morgan fingerprint density at radius 3 is 2.65 bits per heavy atom. The maximum Gasteiger partial charge on any atom is 0.220 e. The molecule has 1 nitrogen and oxygen atoms in total. The van der Waals surface area contributed by atoms with Crippen LogP contribution in [-0.2, 0) is 7.05 Å². The lowest BCUT2D eigenvalue weighted by Crippen LogP contribution is -2.31. The van der Waals surface area contributed by atoms with Gasteiger partial charge in [0.2, 0.25) is 5.69 Å². The second-order valence-electron chi connectivity index (χ2n) is 6.36. The van der Waals surface area contributed by atoms with Crippen LogP contribution >= 0.6 is 0 Å². The molecule has 1 unspecified atom stereocenters. The zero-order valence-electron chi connectivity index (χ0n) is 19.4. The Morgan fingerprint density at radius 1 is 1.13 bits per heavy atom. The molecule has 0 fully saturated rings. The van der Waals surface area contributed by atoms with Gasteiger partial charge in [-0.05, 0) is 60.9 Å². The number of hydrogen-bond acceptors (Lipinski definition) is 0. The smallest absolute Gasteiger partial charge is 0.200 e. The van der Waals surface area contributed by atoms with Crippen molar-refractivity contribution in [3.63, 3.8) is 0 Å². The lowest BCUT2D eigenvalue weighted by molar-refractivity contribution is -0.659. The van der Waals surface area contributed by atoms with Crippen LogP contribution in [0, 0.1) is 20.8 Å². The normalized spacial score (nSPS) is 17.7. The molecule has 2 aromatic carbocycles. The lowest BCUT2D eigenvalue weighted by Gasteiger charge is -2.14. The number of pyridine rings is 1. The van der Waals surface area contributed by atoms with Gasteiger partial charge in [-0.2, -0.15) is 0 Å². The SMILES string of the molecule is [2H]c1cc2ccc(C)cc2c(-c2cc(C([2H])(C)C([2H])([2H])[2H])cc(C)c2C)[n+]1C. The Hall–Kier alpha value is -2.15. The Morgan fingerprint density at radius 2 is 1.91 bits per heavy atom. The topological polar surface area (TPSA) is 3.88 Å². The van der Waals surface area contributed by atoms with E-state index >= 15 is 0 Å². The van der Waals surface area contributed by atoms with Crippen LogP contribution in [0.3, 0.4) is 0 Å². The van der Waals surface area contributed by atoms with Gasteiger partial charge in [-0.25, -0.2) is 4.57 Å². The summed E-state index contributed by atoms with van der Waals surface area (Å²) in [5, 5.41) is 1.98. The molecule has 0 aliphatic rings. The molecule has 0 spiro atoms. The van der Waals surface area contributed by atoms with Crippen LogP contribution in [0.1, 0.15) is 48.8 Å². The third-order valence-corrected chi connectivity index (χ3v) is 4.57. The summed E-state index contributed by atoms with van der Waals surface area (Å²) in [5.41, 5.74) is 5.27. The summed E-state index contributed by atoms with van der Waals surface area (Å²) in [7, 11) is 1.85. The third-order valence-electron chi connectivity index (χ3n) is 4.57. The number of benzene rings is 2. The highest BCUT2D eigenvalue weighted by Gasteiger charge is 2.19. The molecule has 0 aliphatic carbocycles. The van der Waals surface area contributed by atoms with Crippen molar-refractivity contribution in [2.24, 2.45) is 7.05 Å². The minimum atomic E-state index is -2.44. The van der Waals surface area contributed by atoms with E-state index in [1.807, 2.05) is 56.7 Å². The van der Waals surface area contributed by atoms with Crippen molar-refractivity contribution in [3.05, 3.63) is 64.8 Å². The highest BCUT2D eigenvalue weighted by molar-refractivity contribution is 5.94. The summed E-state index contributed by atoms with van der Waals surface area (Å²) in [6, 6.07) is 11.6. The molecule has 0 saturated heterocycles. The zero-order valence-corrected chi connectivity index (χ0v) is 14.4. The van der Waals surface area contributed by atoms with E-state index in [1.54, 1.807) is 6.07 Å². The van der Waals surface area contributed by atoms with E-state index in [0.29, 0.717) is 11.7 Å². The van der Waals surface area contributed by atoms with Crippen LogP contribution in [0.5, 0.6) is 0 Å². The molecular formula is C22H26N+. The quantitative estimate of drug-likeness (QED) is 0.560. The van der Waals surface area contributed by atoms with Gasteiger partial charge in [0.05, 0.1) is 10.9 Å².